The lowest BCUT2D eigenvalue weighted by molar-refractivity contribution is -0.116. The van der Waals surface area contributed by atoms with Gasteiger partial charge in [-0.05, 0) is 47.7 Å². The minimum atomic E-state index is -0.132. The van der Waals surface area contributed by atoms with Crippen molar-refractivity contribution in [3.8, 4) is 0 Å². The second kappa shape index (κ2) is 8.31. The summed E-state index contributed by atoms with van der Waals surface area (Å²) in [4.78, 5) is 27.7. The highest BCUT2D eigenvalue weighted by molar-refractivity contribution is 7.22. The largest absolute Gasteiger partial charge is 0.326 e. The smallest absolute Gasteiger partial charge is 0.224 e. The SMILES string of the molecule is CC(=O)Nc1nc2ccc(CCC(=O)Nc3ccc(C(C)C)cc3)cc2s1. The lowest BCUT2D eigenvalue weighted by atomic mass is 10.0. The van der Waals surface area contributed by atoms with Crippen molar-refractivity contribution in [3.63, 3.8) is 0 Å². The molecule has 0 saturated heterocycles. The molecule has 0 aliphatic heterocycles. The maximum atomic E-state index is 12.2. The quantitative estimate of drug-likeness (QED) is 0.635. The molecule has 6 heteroatoms. The Morgan fingerprint density at radius 3 is 2.48 bits per heavy atom. The highest BCUT2D eigenvalue weighted by atomic mass is 32.1. The van der Waals surface area contributed by atoms with E-state index < -0.39 is 0 Å². The van der Waals surface area contributed by atoms with Crippen molar-refractivity contribution < 1.29 is 9.59 Å². The van der Waals surface area contributed by atoms with Gasteiger partial charge in [0.2, 0.25) is 11.8 Å². The molecule has 0 aliphatic carbocycles. The first-order valence-corrected chi connectivity index (χ1v) is 9.79. The van der Waals surface area contributed by atoms with Crippen LogP contribution >= 0.6 is 11.3 Å². The summed E-state index contributed by atoms with van der Waals surface area (Å²) in [6, 6.07) is 13.9. The van der Waals surface area contributed by atoms with Gasteiger partial charge in [0, 0.05) is 19.0 Å². The summed E-state index contributed by atoms with van der Waals surface area (Å²) >= 11 is 1.44. The van der Waals surface area contributed by atoms with Crippen molar-refractivity contribution in [3.05, 3.63) is 53.6 Å². The van der Waals surface area contributed by atoms with Gasteiger partial charge >= 0.3 is 0 Å². The van der Waals surface area contributed by atoms with Crippen LogP contribution in [0.4, 0.5) is 10.8 Å². The number of aromatic nitrogens is 1. The van der Waals surface area contributed by atoms with Crippen molar-refractivity contribution in [2.75, 3.05) is 10.6 Å². The number of nitrogens with zero attached hydrogens (tertiary/aromatic N) is 1. The Labute approximate surface area is 162 Å². The molecule has 3 rings (SSSR count). The summed E-state index contributed by atoms with van der Waals surface area (Å²) in [5.74, 6) is 0.339. The molecule has 0 atom stereocenters. The van der Waals surface area contributed by atoms with E-state index in [9.17, 15) is 9.59 Å². The third-order valence-electron chi connectivity index (χ3n) is 4.24. The second-order valence-electron chi connectivity index (χ2n) is 6.83. The Balaban J connectivity index is 1.58. The summed E-state index contributed by atoms with van der Waals surface area (Å²) in [5, 5.41) is 6.25. The van der Waals surface area contributed by atoms with Gasteiger partial charge in [-0.1, -0.05) is 43.4 Å². The number of benzene rings is 2. The number of hydrogen-bond acceptors (Lipinski definition) is 4. The number of rotatable bonds is 6. The zero-order valence-electron chi connectivity index (χ0n) is 15.7. The first-order valence-electron chi connectivity index (χ1n) is 8.97. The van der Waals surface area contributed by atoms with Crippen molar-refractivity contribution in [1.29, 1.82) is 0 Å². The molecule has 0 radical (unpaired) electrons. The van der Waals surface area contributed by atoms with E-state index >= 15 is 0 Å². The monoisotopic (exact) mass is 381 g/mol. The van der Waals surface area contributed by atoms with Crippen LogP contribution in [0.5, 0.6) is 0 Å². The molecule has 0 spiro atoms. The van der Waals surface area contributed by atoms with Gasteiger partial charge < -0.3 is 10.6 Å². The van der Waals surface area contributed by atoms with Gasteiger partial charge in [0.1, 0.15) is 0 Å². The van der Waals surface area contributed by atoms with Crippen LogP contribution in [-0.2, 0) is 16.0 Å². The van der Waals surface area contributed by atoms with E-state index in [1.165, 1.54) is 23.8 Å². The van der Waals surface area contributed by atoms with Crippen molar-refractivity contribution in [1.82, 2.24) is 4.98 Å². The highest BCUT2D eigenvalue weighted by Gasteiger charge is 2.08. The summed E-state index contributed by atoms with van der Waals surface area (Å²) < 4.78 is 1.00. The number of aryl methyl sites for hydroxylation is 1. The number of carbonyl (C=O) groups excluding carboxylic acids is 2. The number of nitrogens with one attached hydrogen (secondary N) is 2. The van der Waals surface area contributed by atoms with E-state index in [1.54, 1.807) is 0 Å². The standard InChI is InChI=1S/C21H23N3O2S/c1-13(2)16-6-8-17(9-7-16)23-20(26)11-5-15-4-10-18-19(12-15)27-21(24-18)22-14(3)25/h4,6-10,12-13H,5,11H2,1-3H3,(H,23,26)(H,22,24,25). The molecule has 0 saturated carbocycles. The Kier molecular flexibility index (Phi) is 5.86. The fourth-order valence-electron chi connectivity index (χ4n) is 2.76. The predicted octanol–water partition coefficient (Wildman–Crippen LogP) is 4.95. The number of anilines is 2. The molecule has 0 aliphatic rings. The fourth-order valence-corrected chi connectivity index (χ4v) is 3.74. The molecule has 5 nitrogen and oxygen atoms in total. The van der Waals surface area contributed by atoms with Gasteiger partial charge in [0.15, 0.2) is 5.13 Å². The zero-order chi connectivity index (χ0) is 19.4. The van der Waals surface area contributed by atoms with Crippen LogP contribution in [-0.4, -0.2) is 16.8 Å². The second-order valence-corrected chi connectivity index (χ2v) is 7.86. The maximum Gasteiger partial charge on any atom is 0.224 e. The van der Waals surface area contributed by atoms with Gasteiger partial charge in [0.05, 0.1) is 10.2 Å². The minimum Gasteiger partial charge on any atom is -0.326 e. The average Bonchev–Trinajstić information content (AvgIpc) is 3.01. The lowest BCUT2D eigenvalue weighted by Crippen LogP contribution is -2.12. The van der Waals surface area contributed by atoms with E-state index in [1.807, 2.05) is 42.5 Å². The molecule has 140 valence electrons. The minimum absolute atomic E-state index is 0.00404. The number of thiazole rings is 1. The first kappa shape index (κ1) is 19.0. The number of carbonyl (C=O) groups is 2. The van der Waals surface area contributed by atoms with Gasteiger partial charge in [-0.15, -0.1) is 0 Å². The molecule has 0 unspecified atom stereocenters. The Hall–Kier alpha value is -2.73. The molecular weight excluding hydrogens is 358 g/mol. The molecule has 0 bridgehead atoms. The van der Waals surface area contributed by atoms with E-state index in [-0.39, 0.29) is 11.8 Å². The van der Waals surface area contributed by atoms with E-state index in [0.29, 0.717) is 23.9 Å². The summed E-state index contributed by atoms with van der Waals surface area (Å²) in [5.41, 5.74) is 4.00. The normalized spacial score (nSPS) is 11.0. The number of fused-ring (bicyclic) bond motifs is 1. The van der Waals surface area contributed by atoms with Gasteiger partial charge in [-0.2, -0.15) is 0 Å². The predicted molar refractivity (Wildman–Crippen MR) is 111 cm³/mol. The summed E-state index contributed by atoms with van der Waals surface area (Å²) in [6.07, 6.45) is 1.06. The van der Waals surface area contributed by atoms with E-state index in [2.05, 4.69) is 29.5 Å². The number of hydrogen-bond donors (Lipinski definition) is 2. The fraction of sp³-hybridized carbons (Fsp3) is 0.286. The third kappa shape index (κ3) is 5.14. The van der Waals surface area contributed by atoms with Crippen LogP contribution in [0, 0.1) is 0 Å². The van der Waals surface area contributed by atoms with Crippen LogP contribution in [0.1, 0.15) is 44.2 Å². The molecule has 0 fully saturated rings. The highest BCUT2D eigenvalue weighted by Crippen LogP contribution is 2.27. The topological polar surface area (TPSA) is 71.1 Å². The average molecular weight is 382 g/mol. The Morgan fingerprint density at radius 1 is 1.07 bits per heavy atom. The molecule has 27 heavy (non-hydrogen) atoms. The Morgan fingerprint density at radius 2 is 1.81 bits per heavy atom. The van der Waals surface area contributed by atoms with Crippen LogP contribution in [0.15, 0.2) is 42.5 Å². The van der Waals surface area contributed by atoms with Gasteiger partial charge in [-0.25, -0.2) is 4.98 Å². The molecule has 2 amide bonds. The molecular formula is C21H23N3O2S. The van der Waals surface area contributed by atoms with Crippen LogP contribution < -0.4 is 10.6 Å². The maximum absolute atomic E-state index is 12.2. The van der Waals surface area contributed by atoms with Crippen molar-refractivity contribution >= 4 is 44.2 Å². The molecule has 1 heterocycles. The lowest BCUT2D eigenvalue weighted by Gasteiger charge is -2.08. The van der Waals surface area contributed by atoms with Crippen LogP contribution in [0.3, 0.4) is 0 Å². The summed E-state index contributed by atoms with van der Waals surface area (Å²) in [7, 11) is 0. The van der Waals surface area contributed by atoms with E-state index in [0.717, 1.165) is 21.5 Å². The zero-order valence-corrected chi connectivity index (χ0v) is 16.5. The van der Waals surface area contributed by atoms with Gasteiger partial charge in [-0.3, -0.25) is 9.59 Å². The first-order chi connectivity index (χ1) is 12.9. The van der Waals surface area contributed by atoms with Crippen LogP contribution in [0.25, 0.3) is 10.2 Å². The van der Waals surface area contributed by atoms with Gasteiger partial charge in [0.25, 0.3) is 0 Å². The molecule has 3 aromatic rings. The molecule has 2 aromatic carbocycles. The summed E-state index contributed by atoms with van der Waals surface area (Å²) in [6.45, 7) is 5.76. The number of amides is 2. The Bertz CT molecular complexity index is 961. The molecule has 2 N–H and O–H groups in total. The van der Waals surface area contributed by atoms with Crippen molar-refractivity contribution in [2.24, 2.45) is 0 Å². The van der Waals surface area contributed by atoms with Crippen molar-refractivity contribution in [2.45, 2.75) is 39.5 Å². The molecule has 1 aromatic heterocycles. The van der Waals surface area contributed by atoms with E-state index in [4.69, 9.17) is 0 Å². The van der Waals surface area contributed by atoms with Crippen LogP contribution in [0.2, 0.25) is 0 Å². The third-order valence-corrected chi connectivity index (χ3v) is 5.17.